The molecule has 1 saturated heterocycles. The third-order valence-corrected chi connectivity index (χ3v) is 4.71. The van der Waals surface area contributed by atoms with Crippen LogP contribution in [0.5, 0.6) is 0 Å². The van der Waals surface area contributed by atoms with Gasteiger partial charge in [-0.3, -0.25) is 4.79 Å². The van der Waals surface area contributed by atoms with Crippen molar-refractivity contribution in [2.24, 2.45) is 11.7 Å². The van der Waals surface area contributed by atoms with Crippen LogP contribution in [0.15, 0.2) is 0 Å². The van der Waals surface area contributed by atoms with E-state index in [2.05, 4.69) is 5.32 Å². The minimum Gasteiger partial charge on any atom is -0.370 e. The minimum atomic E-state index is -3.10. The van der Waals surface area contributed by atoms with E-state index in [0.717, 1.165) is 12.8 Å². The quantitative estimate of drug-likeness (QED) is 0.715. The molecule has 1 rings (SSSR count). The second-order valence-electron chi connectivity index (χ2n) is 6.04. The van der Waals surface area contributed by atoms with Gasteiger partial charge in [0.25, 0.3) is 0 Å². The van der Waals surface area contributed by atoms with Gasteiger partial charge in [-0.05, 0) is 39.2 Å². The lowest BCUT2D eigenvalue weighted by molar-refractivity contribution is -0.119. The molecule has 0 aromatic heterocycles. The van der Waals surface area contributed by atoms with Gasteiger partial charge in [0.05, 0.1) is 6.26 Å². The van der Waals surface area contributed by atoms with Crippen LogP contribution >= 0.6 is 0 Å². The highest BCUT2D eigenvalue weighted by Gasteiger charge is 2.27. The predicted octanol–water partition coefficient (Wildman–Crippen LogP) is -0.0984. The molecule has 0 bridgehead atoms. The number of hydrogen-bond acceptors (Lipinski definition) is 4. The van der Waals surface area contributed by atoms with Crippen molar-refractivity contribution in [2.45, 2.75) is 38.6 Å². The molecule has 19 heavy (non-hydrogen) atoms. The molecule has 1 atom stereocenters. The SMILES string of the molecule is CC(C)(CC(N)=O)NCC1CCCN(S(C)(=O)=O)C1. The normalized spacial score (nSPS) is 22.4. The molecule has 1 unspecified atom stereocenters. The van der Waals surface area contributed by atoms with Crippen molar-refractivity contribution < 1.29 is 13.2 Å². The molecule has 0 spiro atoms. The maximum atomic E-state index is 11.5. The molecule has 6 nitrogen and oxygen atoms in total. The molecule has 1 fully saturated rings. The van der Waals surface area contributed by atoms with E-state index in [0.29, 0.717) is 19.6 Å². The van der Waals surface area contributed by atoms with Crippen molar-refractivity contribution in [3.05, 3.63) is 0 Å². The molecule has 1 aliphatic rings. The zero-order chi connectivity index (χ0) is 14.7. The van der Waals surface area contributed by atoms with Crippen molar-refractivity contribution in [3.8, 4) is 0 Å². The van der Waals surface area contributed by atoms with Crippen LogP contribution in [0.4, 0.5) is 0 Å². The second kappa shape index (κ2) is 6.19. The number of carbonyl (C=O) groups excluding carboxylic acids is 1. The third kappa shape index (κ3) is 5.88. The largest absolute Gasteiger partial charge is 0.370 e. The summed E-state index contributed by atoms with van der Waals surface area (Å²) in [5.74, 6) is -0.0467. The Labute approximate surface area is 115 Å². The summed E-state index contributed by atoms with van der Waals surface area (Å²) < 4.78 is 24.6. The van der Waals surface area contributed by atoms with Crippen LogP contribution in [0.2, 0.25) is 0 Å². The molecule has 1 amide bonds. The molecule has 112 valence electrons. The first-order valence-electron chi connectivity index (χ1n) is 6.58. The molecule has 0 aliphatic carbocycles. The number of nitrogens with zero attached hydrogens (tertiary/aromatic N) is 1. The van der Waals surface area contributed by atoms with Gasteiger partial charge in [0.2, 0.25) is 15.9 Å². The summed E-state index contributed by atoms with van der Waals surface area (Å²) in [4.78, 5) is 10.9. The van der Waals surface area contributed by atoms with E-state index in [1.807, 2.05) is 13.8 Å². The van der Waals surface area contributed by atoms with E-state index in [-0.39, 0.29) is 23.8 Å². The zero-order valence-electron chi connectivity index (χ0n) is 12.0. The molecular weight excluding hydrogens is 266 g/mol. The molecule has 1 heterocycles. The number of primary amides is 1. The number of nitrogens with two attached hydrogens (primary N) is 1. The van der Waals surface area contributed by atoms with Crippen molar-refractivity contribution in [1.29, 1.82) is 0 Å². The van der Waals surface area contributed by atoms with Gasteiger partial charge in [-0.25, -0.2) is 12.7 Å². The summed E-state index contributed by atoms with van der Waals surface area (Å²) in [5.41, 5.74) is 4.85. The fourth-order valence-electron chi connectivity index (χ4n) is 2.41. The number of hydrogen-bond donors (Lipinski definition) is 2. The molecule has 0 aromatic carbocycles. The Morgan fingerprint density at radius 1 is 1.47 bits per heavy atom. The van der Waals surface area contributed by atoms with Crippen LogP contribution in [0.25, 0.3) is 0 Å². The Morgan fingerprint density at radius 2 is 2.11 bits per heavy atom. The lowest BCUT2D eigenvalue weighted by Gasteiger charge is -2.34. The summed E-state index contributed by atoms with van der Waals surface area (Å²) in [6.07, 6.45) is 3.41. The Kier molecular flexibility index (Phi) is 5.34. The standard InChI is InChI=1S/C12H25N3O3S/c1-12(2,7-11(13)16)14-8-10-5-4-6-15(9-10)19(3,17)18/h10,14H,4-9H2,1-3H3,(H2,13,16). The number of rotatable bonds is 6. The van der Waals surface area contributed by atoms with Gasteiger partial charge in [0.1, 0.15) is 0 Å². The predicted molar refractivity (Wildman–Crippen MR) is 75.0 cm³/mol. The van der Waals surface area contributed by atoms with Crippen molar-refractivity contribution in [1.82, 2.24) is 9.62 Å². The average Bonchev–Trinajstić information content (AvgIpc) is 2.24. The molecule has 0 aromatic rings. The molecule has 3 N–H and O–H groups in total. The molecule has 1 aliphatic heterocycles. The van der Waals surface area contributed by atoms with Gasteiger partial charge in [0.15, 0.2) is 0 Å². The van der Waals surface area contributed by atoms with Crippen LogP contribution in [0.1, 0.15) is 33.1 Å². The Balaban J connectivity index is 2.47. The van der Waals surface area contributed by atoms with Gasteiger partial charge < -0.3 is 11.1 Å². The number of sulfonamides is 1. The maximum absolute atomic E-state index is 11.5. The van der Waals surface area contributed by atoms with Gasteiger partial charge in [0, 0.05) is 25.0 Å². The summed E-state index contributed by atoms with van der Waals surface area (Å²) >= 11 is 0. The van der Waals surface area contributed by atoms with Crippen LogP contribution in [0.3, 0.4) is 0 Å². The fraction of sp³-hybridized carbons (Fsp3) is 0.917. The highest BCUT2D eigenvalue weighted by atomic mass is 32.2. The van der Waals surface area contributed by atoms with Crippen molar-refractivity contribution in [2.75, 3.05) is 25.9 Å². The molecular formula is C12H25N3O3S. The van der Waals surface area contributed by atoms with Gasteiger partial charge in [-0.1, -0.05) is 0 Å². The Morgan fingerprint density at radius 3 is 2.63 bits per heavy atom. The van der Waals surface area contributed by atoms with Gasteiger partial charge >= 0.3 is 0 Å². The summed E-state index contributed by atoms with van der Waals surface area (Å²) in [5, 5.41) is 3.31. The summed E-state index contributed by atoms with van der Waals surface area (Å²) in [7, 11) is -3.10. The van der Waals surface area contributed by atoms with E-state index >= 15 is 0 Å². The van der Waals surface area contributed by atoms with E-state index in [1.165, 1.54) is 10.6 Å². The lowest BCUT2D eigenvalue weighted by Crippen LogP contribution is -2.48. The van der Waals surface area contributed by atoms with Crippen LogP contribution in [0, 0.1) is 5.92 Å². The average molecular weight is 291 g/mol. The second-order valence-corrected chi connectivity index (χ2v) is 8.02. The molecule has 0 saturated carbocycles. The topological polar surface area (TPSA) is 92.5 Å². The summed E-state index contributed by atoms with van der Waals surface area (Å²) in [6, 6.07) is 0. The zero-order valence-corrected chi connectivity index (χ0v) is 12.8. The summed E-state index contributed by atoms with van der Waals surface area (Å²) in [6.45, 7) is 5.72. The molecule has 0 radical (unpaired) electrons. The van der Waals surface area contributed by atoms with Gasteiger partial charge in [-0.15, -0.1) is 0 Å². The van der Waals surface area contributed by atoms with E-state index in [9.17, 15) is 13.2 Å². The van der Waals surface area contributed by atoms with Crippen molar-refractivity contribution in [3.63, 3.8) is 0 Å². The maximum Gasteiger partial charge on any atom is 0.219 e. The number of amides is 1. The first-order chi connectivity index (χ1) is 8.60. The minimum absolute atomic E-state index is 0.273. The number of carbonyl (C=O) groups is 1. The van der Waals surface area contributed by atoms with Gasteiger partial charge in [-0.2, -0.15) is 0 Å². The first kappa shape index (κ1) is 16.4. The van der Waals surface area contributed by atoms with Crippen molar-refractivity contribution >= 4 is 15.9 Å². The number of nitrogens with one attached hydrogen (secondary N) is 1. The Bertz CT molecular complexity index is 420. The van der Waals surface area contributed by atoms with E-state index in [4.69, 9.17) is 5.73 Å². The third-order valence-electron chi connectivity index (χ3n) is 3.44. The Hall–Kier alpha value is -0.660. The number of piperidine rings is 1. The molecule has 7 heteroatoms. The smallest absolute Gasteiger partial charge is 0.219 e. The highest BCUT2D eigenvalue weighted by Crippen LogP contribution is 2.19. The lowest BCUT2D eigenvalue weighted by atomic mass is 9.95. The highest BCUT2D eigenvalue weighted by molar-refractivity contribution is 7.88. The van der Waals surface area contributed by atoms with Crippen LogP contribution in [-0.4, -0.2) is 50.1 Å². The fourth-order valence-corrected chi connectivity index (χ4v) is 3.36. The van der Waals surface area contributed by atoms with E-state index < -0.39 is 10.0 Å². The van der Waals surface area contributed by atoms with E-state index in [1.54, 1.807) is 0 Å². The van der Waals surface area contributed by atoms with Crippen LogP contribution in [-0.2, 0) is 14.8 Å². The van der Waals surface area contributed by atoms with Crippen LogP contribution < -0.4 is 11.1 Å². The first-order valence-corrected chi connectivity index (χ1v) is 8.43. The monoisotopic (exact) mass is 291 g/mol.